The van der Waals surface area contributed by atoms with E-state index in [0.29, 0.717) is 10.8 Å². The molecule has 1 saturated heterocycles. The second kappa shape index (κ2) is 7.50. The predicted molar refractivity (Wildman–Crippen MR) is 80.2 cm³/mol. The lowest BCUT2D eigenvalue weighted by molar-refractivity contribution is -0.136. The smallest absolute Gasteiger partial charge is 0.260 e. The zero-order valence-electron chi connectivity index (χ0n) is 11.8. The normalized spacial score (nSPS) is 18.9. The number of nitrogens with zero attached hydrogens (tertiary/aromatic N) is 1. The van der Waals surface area contributed by atoms with Crippen LogP contribution in [0.25, 0.3) is 0 Å². The summed E-state index contributed by atoms with van der Waals surface area (Å²) < 4.78 is 5.53. The van der Waals surface area contributed by atoms with E-state index >= 15 is 0 Å². The Balaban J connectivity index is 1.88. The van der Waals surface area contributed by atoms with Gasteiger partial charge in [-0.05, 0) is 50.6 Å². The SMILES string of the molecule is CNCC1CCCCN1C(=O)COc1ccc(Cl)cc1. The monoisotopic (exact) mass is 296 g/mol. The summed E-state index contributed by atoms with van der Waals surface area (Å²) in [6, 6.07) is 7.35. The first-order valence-corrected chi connectivity index (χ1v) is 7.41. The van der Waals surface area contributed by atoms with Crippen molar-refractivity contribution in [3.05, 3.63) is 29.3 Å². The molecule has 0 aromatic heterocycles. The molecule has 1 aliphatic heterocycles. The Hall–Kier alpha value is -1.26. The Kier molecular flexibility index (Phi) is 5.68. The Morgan fingerprint density at radius 3 is 2.85 bits per heavy atom. The summed E-state index contributed by atoms with van der Waals surface area (Å²) in [6.07, 6.45) is 3.33. The minimum absolute atomic E-state index is 0.0555. The topological polar surface area (TPSA) is 41.6 Å². The second-order valence-electron chi connectivity index (χ2n) is 5.04. The van der Waals surface area contributed by atoms with Crippen LogP contribution in [0.2, 0.25) is 5.02 Å². The highest BCUT2D eigenvalue weighted by atomic mass is 35.5. The molecule has 1 unspecified atom stereocenters. The van der Waals surface area contributed by atoms with Crippen molar-refractivity contribution in [2.75, 3.05) is 26.7 Å². The lowest BCUT2D eigenvalue weighted by atomic mass is 10.0. The van der Waals surface area contributed by atoms with Crippen LogP contribution in [0.3, 0.4) is 0 Å². The summed E-state index contributed by atoms with van der Waals surface area (Å²) in [5, 5.41) is 3.81. The van der Waals surface area contributed by atoms with E-state index < -0.39 is 0 Å². The summed E-state index contributed by atoms with van der Waals surface area (Å²) in [6.45, 7) is 1.75. The predicted octanol–water partition coefficient (Wildman–Crippen LogP) is 2.32. The third-order valence-electron chi connectivity index (χ3n) is 3.56. The number of carbonyl (C=O) groups excluding carboxylic acids is 1. The summed E-state index contributed by atoms with van der Waals surface area (Å²) in [5.41, 5.74) is 0. The Morgan fingerprint density at radius 1 is 1.40 bits per heavy atom. The molecule has 1 amide bonds. The Bertz CT molecular complexity index is 434. The van der Waals surface area contributed by atoms with E-state index in [9.17, 15) is 4.79 Å². The molecule has 1 N–H and O–H groups in total. The third kappa shape index (κ3) is 4.12. The van der Waals surface area contributed by atoms with Gasteiger partial charge in [0.05, 0.1) is 0 Å². The fraction of sp³-hybridized carbons (Fsp3) is 0.533. The van der Waals surface area contributed by atoms with Crippen LogP contribution in [0.4, 0.5) is 0 Å². The molecule has 0 spiro atoms. The molecule has 0 aliphatic carbocycles. The van der Waals surface area contributed by atoms with E-state index in [4.69, 9.17) is 16.3 Å². The van der Waals surface area contributed by atoms with Gasteiger partial charge in [0, 0.05) is 24.2 Å². The van der Waals surface area contributed by atoms with Gasteiger partial charge in [-0.25, -0.2) is 0 Å². The number of benzene rings is 1. The molecule has 110 valence electrons. The minimum Gasteiger partial charge on any atom is -0.484 e. The molecular formula is C15H21ClN2O2. The van der Waals surface area contributed by atoms with Crippen LogP contribution < -0.4 is 10.1 Å². The van der Waals surface area contributed by atoms with Gasteiger partial charge >= 0.3 is 0 Å². The van der Waals surface area contributed by atoms with Gasteiger partial charge in [-0.3, -0.25) is 4.79 Å². The number of piperidine rings is 1. The average molecular weight is 297 g/mol. The van der Waals surface area contributed by atoms with Gasteiger partial charge in [-0.15, -0.1) is 0 Å². The Morgan fingerprint density at radius 2 is 2.15 bits per heavy atom. The van der Waals surface area contributed by atoms with Crippen LogP contribution in [0.1, 0.15) is 19.3 Å². The van der Waals surface area contributed by atoms with E-state index in [-0.39, 0.29) is 18.6 Å². The van der Waals surface area contributed by atoms with Crippen LogP contribution >= 0.6 is 11.6 Å². The van der Waals surface area contributed by atoms with Crippen LogP contribution in [0.5, 0.6) is 5.75 Å². The molecule has 2 rings (SSSR count). The number of halogens is 1. The van der Waals surface area contributed by atoms with Gasteiger partial charge in [0.25, 0.3) is 5.91 Å². The maximum absolute atomic E-state index is 12.3. The number of likely N-dealkylation sites (tertiary alicyclic amines) is 1. The number of carbonyl (C=O) groups is 1. The fourth-order valence-electron chi connectivity index (χ4n) is 2.54. The quantitative estimate of drug-likeness (QED) is 0.907. The number of hydrogen-bond acceptors (Lipinski definition) is 3. The van der Waals surface area contributed by atoms with Crippen LogP contribution in [-0.4, -0.2) is 43.6 Å². The van der Waals surface area contributed by atoms with Crippen molar-refractivity contribution in [1.82, 2.24) is 10.2 Å². The minimum atomic E-state index is 0.0555. The molecule has 1 atom stereocenters. The molecule has 0 radical (unpaired) electrons. The first-order valence-electron chi connectivity index (χ1n) is 7.03. The standard InChI is InChI=1S/C15H21ClN2O2/c1-17-10-13-4-2-3-9-18(13)15(19)11-20-14-7-5-12(16)6-8-14/h5-8,13,17H,2-4,9-11H2,1H3. The van der Waals surface area contributed by atoms with Crippen LogP contribution in [0.15, 0.2) is 24.3 Å². The van der Waals surface area contributed by atoms with Crippen LogP contribution in [-0.2, 0) is 4.79 Å². The van der Waals surface area contributed by atoms with Crippen molar-refractivity contribution in [2.24, 2.45) is 0 Å². The largest absolute Gasteiger partial charge is 0.484 e. The first-order chi connectivity index (χ1) is 9.70. The van der Waals surface area contributed by atoms with E-state index in [1.807, 2.05) is 11.9 Å². The fourth-order valence-corrected chi connectivity index (χ4v) is 2.66. The first kappa shape index (κ1) is 15.1. The number of nitrogens with one attached hydrogen (secondary N) is 1. The van der Waals surface area contributed by atoms with Crippen molar-refractivity contribution in [3.63, 3.8) is 0 Å². The number of ether oxygens (including phenoxy) is 1. The number of hydrogen-bond donors (Lipinski definition) is 1. The highest BCUT2D eigenvalue weighted by Crippen LogP contribution is 2.18. The lowest BCUT2D eigenvalue weighted by Gasteiger charge is -2.35. The molecule has 1 fully saturated rings. The van der Waals surface area contributed by atoms with E-state index in [0.717, 1.165) is 25.9 Å². The van der Waals surface area contributed by atoms with Gasteiger partial charge in [-0.1, -0.05) is 11.6 Å². The maximum Gasteiger partial charge on any atom is 0.260 e. The molecule has 0 saturated carbocycles. The number of likely N-dealkylation sites (N-methyl/N-ethyl adjacent to an activating group) is 1. The molecule has 1 aromatic rings. The highest BCUT2D eigenvalue weighted by Gasteiger charge is 2.26. The van der Waals surface area contributed by atoms with Crippen molar-refractivity contribution in [1.29, 1.82) is 0 Å². The van der Waals surface area contributed by atoms with Gasteiger partial charge in [0.1, 0.15) is 5.75 Å². The molecule has 4 nitrogen and oxygen atoms in total. The van der Waals surface area contributed by atoms with Gasteiger partial charge in [-0.2, -0.15) is 0 Å². The number of rotatable bonds is 5. The molecule has 1 aromatic carbocycles. The number of amides is 1. The Labute approximate surface area is 125 Å². The maximum atomic E-state index is 12.3. The molecule has 1 heterocycles. The molecule has 20 heavy (non-hydrogen) atoms. The van der Waals surface area contributed by atoms with Crippen molar-refractivity contribution in [3.8, 4) is 5.75 Å². The molecular weight excluding hydrogens is 276 g/mol. The van der Waals surface area contributed by atoms with Crippen molar-refractivity contribution >= 4 is 17.5 Å². The van der Waals surface area contributed by atoms with E-state index in [2.05, 4.69) is 5.32 Å². The van der Waals surface area contributed by atoms with Crippen molar-refractivity contribution < 1.29 is 9.53 Å². The van der Waals surface area contributed by atoms with Gasteiger partial charge in [0.2, 0.25) is 0 Å². The third-order valence-corrected chi connectivity index (χ3v) is 3.82. The van der Waals surface area contributed by atoms with E-state index in [1.165, 1.54) is 6.42 Å². The second-order valence-corrected chi connectivity index (χ2v) is 5.47. The zero-order chi connectivity index (χ0) is 14.4. The lowest BCUT2D eigenvalue weighted by Crippen LogP contribution is -2.49. The molecule has 5 heteroatoms. The molecule has 1 aliphatic rings. The zero-order valence-corrected chi connectivity index (χ0v) is 12.5. The summed E-state index contributed by atoms with van der Waals surface area (Å²) in [7, 11) is 1.92. The van der Waals surface area contributed by atoms with Crippen molar-refractivity contribution in [2.45, 2.75) is 25.3 Å². The van der Waals surface area contributed by atoms with Crippen LogP contribution in [0, 0.1) is 0 Å². The summed E-state index contributed by atoms with van der Waals surface area (Å²) >= 11 is 5.81. The molecule has 0 bridgehead atoms. The highest BCUT2D eigenvalue weighted by molar-refractivity contribution is 6.30. The van der Waals surface area contributed by atoms with Gasteiger partial charge in [0.15, 0.2) is 6.61 Å². The summed E-state index contributed by atoms with van der Waals surface area (Å²) in [4.78, 5) is 14.2. The van der Waals surface area contributed by atoms with E-state index in [1.54, 1.807) is 24.3 Å². The average Bonchev–Trinajstić information content (AvgIpc) is 2.47. The van der Waals surface area contributed by atoms with Gasteiger partial charge < -0.3 is 15.0 Å². The summed E-state index contributed by atoms with van der Waals surface area (Å²) in [5.74, 6) is 0.727.